The first-order chi connectivity index (χ1) is 11.7. The second kappa shape index (κ2) is 7.32. The summed E-state index contributed by atoms with van der Waals surface area (Å²) in [6.45, 7) is 0.940. The molecule has 0 saturated heterocycles. The lowest BCUT2D eigenvalue weighted by atomic mass is 10.2. The van der Waals surface area contributed by atoms with E-state index in [9.17, 15) is 10.2 Å². The molecule has 1 heterocycles. The van der Waals surface area contributed by atoms with Gasteiger partial charge in [-0.1, -0.05) is 24.3 Å². The first-order valence-corrected chi connectivity index (χ1v) is 7.57. The molecule has 0 bridgehead atoms. The molecule has 122 valence electrons. The monoisotopic (exact) mass is 322 g/mol. The fourth-order valence-electron chi connectivity index (χ4n) is 2.19. The van der Waals surface area contributed by atoms with Crippen molar-refractivity contribution in [1.29, 1.82) is 0 Å². The summed E-state index contributed by atoms with van der Waals surface area (Å²) in [6.07, 6.45) is 0. The zero-order valence-corrected chi connectivity index (χ0v) is 13.0. The van der Waals surface area contributed by atoms with Crippen LogP contribution in [0.5, 0.6) is 11.5 Å². The van der Waals surface area contributed by atoms with Crippen molar-refractivity contribution in [2.24, 2.45) is 0 Å². The minimum Gasteiger partial charge on any atom is -0.506 e. The van der Waals surface area contributed by atoms with Gasteiger partial charge in [0.1, 0.15) is 11.5 Å². The summed E-state index contributed by atoms with van der Waals surface area (Å²) in [5, 5.41) is 34.0. The summed E-state index contributed by atoms with van der Waals surface area (Å²) in [6, 6.07) is 17.8. The molecule has 0 aliphatic rings. The molecule has 0 radical (unpaired) electrons. The average Bonchev–Trinajstić information content (AvgIpc) is 2.61. The number of hydrogen-bond acceptors (Lipinski definition) is 6. The minimum atomic E-state index is 0.203. The summed E-state index contributed by atoms with van der Waals surface area (Å²) in [5.41, 5.74) is 2.85. The van der Waals surface area contributed by atoms with Crippen LogP contribution >= 0.6 is 0 Å². The van der Waals surface area contributed by atoms with E-state index in [-0.39, 0.29) is 11.5 Å². The number of phenolic OH excluding ortho intramolecular Hbond substituents is 2. The molecular formula is C18H18N4O2. The van der Waals surface area contributed by atoms with Crippen molar-refractivity contribution in [3.05, 3.63) is 72.1 Å². The van der Waals surface area contributed by atoms with Crippen LogP contribution in [-0.4, -0.2) is 20.4 Å². The Hall–Kier alpha value is -3.28. The number of phenols is 2. The summed E-state index contributed by atoms with van der Waals surface area (Å²) < 4.78 is 0. The molecule has 2 aromatic carbocycles. The van der Waals surface area contributed by atoms with Gasteiger partial charge in [-0.3, -0.25) is 0 Å². The zero-order chi connectivity index (χ0) is 16.8. The van der Waals surface area contributed by atoms with Crippen LogP contribution in [0.1, 0.15) is 11.4 Å². The van der Waals surface area contributed by atoms with E-state index in [2.05, 4.69) is 20.8 Å². The van der Waals surface area contributed by atoms with E-state index >= 15 is 0 Å². The number of benzene rings is 2. The molecular weight excluding hydrogens is 304 g/mol. The van der Waals surface area contributed by atoms with Gasteiger partial charge in [0, 0.05) is 0 Å². The van der Waals surface area contributed by atoms with Crippen molar-refractivity contribution in [3.63, 3.8) is 0 Å². The van der Waals surface area contributed by atoms with Gasteiger partial charge in [0.05, 0.1) is 35.9 Å². The van der Waals surface area contributed by atoms with Gasteiger partial charge in [-0.2, -0.15) is 10.2 Å². The molecule has 0 aliphatic heterocycles. The number of anilines is 2. The number of aromatic nitrogens is 2. The standard InChI is InChI=1S/C18H18N4O2/c23-17-7-3-1-5-15(17)19-11-13-9-10-14(22-21-13)12-20-16-6-2-4-8-18(16)24/h1-10,19-20,23-24H,11-12H2. The molecule has 3 rings (SSSR count). The Labute approximate surface area is 139 Å². The smallest absolute Gasteiger partial charge is 0.138 e. The van der Waals surface area contributed by atoms with Crippen LogP contribution in [0.2, 0.25) is 0 Å². The minimum absolute atomic E-state index is 0.203. The molecule has 0 fully saturated rings. The van der Waals surface area contributed by atoms with Gasteiger partial charge >= 0.3 is 0 Å². The van der Waals surface area contributed by atoms with Crippen molar-refractivity contribution in [1.82, 2.24) is 10.2 Å². The van der Waals surface area contributed by atoms with Crippen LogP contribution < -0.4 is 10.6 Å². The summed E-state index contributed by atoms with van der Waals surface area (Å²) in [5.74, 6) is 0.405. The van der Waals surface area contributed by atoms with Gasteiger partial charge in [-0.05, 0) is 36.4 Å². The van der Waals surface area contributed by atoms with Crippen LogP contribution in [0, 0.1) is 0 Å². The lowest BCUT2D eigenvalue weighted by Gasteiger charge is -2.09. The average molecular weight is 322 g/mol. The second-order valence-electron chi connectivity index (χ2n) is 5.26. The SMILES string of the molecule is Oc1ccccc1NCc1ccc(CNc2ccccc2O)nn1. The third-order valence-electron chi connectivity index (χ3n) is 3.50. The molecule has 0 amide bonds. The van der Waals surface area contributed by atoms with Gasteiger partial charge < -0.3 is 20.8 Å². The van der Waals surface area contributed by atoms with E-state index in [0.717, 1.165) is 11.4 Å². The lowest BCUT2D eigenvalue weighted by molar-refractivity contribution is 0.476. The van der Waals surface area contributed by atoms with Crippen molar-refractivity contribution >= 4 is 11.4 Å². The van der Waals surface area contributed by atoms with Gasteiger partial charge in [-0.25, -0.2) is 0 Å². The molecule has 0 atom stereocenters. The van der Waals surface area contributed by atoms with Gasteiger partial charge in [0.25, 0.3) is 0 Å². The maximum Gasteiger partial charge on any atom is 0.138 e. The topological polar surface area (TPSA) is 90.3 Å². The van der Waals surface area contributed by atoms with Gasteiger partial charge in [0.15, 0.2) is 0 Å². The Balaban J connectivity index is 1.55. The molecule has 6 heteroatoms. The van der Waals surface area contributed by atoms with Crippen molar-refractivity contribution < 1.29 is 10.2 Å². The van der Waals surface area contributed by atoms with Crippen LogP contribution in [0.25, 0.3) is 0 Å². The van der Waals surface area contributed by atoms with Crippen LogP contribution in [0.3, 0.4) is 0 Å². The lowest BCUT2D eigenvalue weighted by Crippen LogP contribution is -2.07. The normalized spacial score (nSPS) is 10.3. The molecule has 1 aromatic heterocycles. The van der Waals surface area contributed by atoms with Crippen molar-refractivity contribution in [3.8, 4) is 11.5 Å². The number of rotatable bonds is 6. The third kappa shape index (κ3) is 3.92. The zero-order valence-electron chi connectivity index (χ0n) is 13.0. The summed E-state index contributed by atoms with van der Waals surface area (Å²) in [4.78, 5) is 0. The molecule has 6 nitrogen and oxygen atoms in total. The first-order valence-electron chi connectivity index (χ1n) is 7.57. The Morgan fingerprint density at radius 2 is 1.04 bits per heavy atom. The molecule has 0 saturated carbocycles. The Bertz CT molecular complexity index is 738. The highest BCUT2D eigenvalue weighted by molar-refractivity contribution is 5.56. The highest BCUT2D eigenvalue weighted by Gasteiger charge is 2.03. The maximum atomic E-state index is 9.71. The van der Waals surface area contributed by atoms with E-state index in [1.54, 1.807) is 36.4 Å². The highest BCUT2D eigenvalue weighted by atomic mass is 16.3. The maximum absolute atomic E-state index is 9.71. The van der Waals surface area contributed by atoms with E-state index in [1.165, 1.54) is 0 Å². The number of hydrogen-bond donors (Lipinski definition) is 4. The van der Waals surface area contributed by atoms with E-state index in [1.807, 2.05) is 24.3 Å². The van der Waals surface area contributed by atoms with Crippen molar-refractivity contribution in [2.75, 3.05) is 10.6 Å². The number of para-hydroxylation sites is 4. The van der Waals surface area contributed by atoms with Crippen LogP contribution in [-0.2, 0) is 13.1 Å². The largest absolute Gasteiger partial charge is 0.506 e. The number of nitrogens with zero attached hydrogens (tertiary/aromatic N) is 2. The van der Waals surface area contributed by atoms with E-state index < -0.39 is 0 Å². The molecule has 0 unspecified atom stereocenters. The number of aromatic hydroxyl groups is 2. The Morgan fingerprint density at radius 1 is 0.625 bits per heavy atom. The Kier molecular flexibility index (Phi) is 4.76. The van der Waals surface area contributed by atoms with E-state index in [0.29, 0.717) is 24.5 Å². The molecule has 4 N–H and O–H groups in total. The molecule has 0 spiro atoms. The first kappa shape index (κ1) is 15.6. The van der Waals surface area contributed by atoms with Crippen LogP contribution in [0.4, 0.5) is 11.4 Å². The fraction of sp³-hybridized carbons (Fsp3) is 0.111. The Morgan fingerprint density at radius 3 is 1.42 bits per heavy atom. The molecule has 24 heavy (non-hydrogen) atoms. The second-order valence-corrected chi connectivity index (χ2v) is 5.26. The third-order valence-corrected chi connectivity index (χ3v) is 3.50. The van der Waals surface area contributed by atoms with Gasteiger partial charge in [-0.15, -0.1) is 0 Å². The van der Waals surface area contributed by atoms with Crippen LogP contribution in [0.15, 0.2) is 60.7 Å². The molecule has 3 aromatic rings. The summed E-state index contributed by atoms with van der Waals surface area (Å²) >= 11 is 0. The van der Waals surface area contributed by atoms with Gasteiger partial charge in [0.2, 0.25) is 0 Å². The summed E-state index contributed by atoms with van der Waals surface area (Å²) in [7, 11) is 0. The number of nitrogens with one attached hydrogen (secondary N) is 2. The fourth-order valence-corrected chi connectivity index (χ4v) is 2.19. The predicted octanol–water partition coefficient (Wildman–Crippen LogP) is 3.11. The highest BCUT2D eigenvalue weighted by Crippen LogP contribution is 2.22. The van der Waals surface area contributed by atoms with E-state index in [4.69, 9.17) is 0 Å². The quantitative estimate of drug-likeness (QED) is 0.521. The predicted molar refractivity (Wildman–Crippen MR) is 92.9 cm³/mol. The van der Waals surface area contributed by atoms with Crippen molar-refractivity contribution in [2.45, 2.75) is 13.1 Å². The molecule has 0 aliphatic carbocycles.